The zero-order chi connectivity index (χ0) is 11.5. The van der Waals surface area contributed by atoms with Crippen molar-refractivity contribution >= 4 is 5.91 Å². The van der Waals surface area contributed by atoms with Crippen LogP contribution in [0.4, 0.5) is 0 Å². The van der Waals surface area contributed by atoms with Crippen molar-refractivity contribution in [1.82, 2.24) is 15.1 Å². The van der Waals surface area contributed by atoms with E-state index in [1.807, 2.05) is 19.3 Å². The number of aryl methyl sites for hydroxylation is 1. The molecular weight excluding hydrogens is 204 g/mol. The molecule has 1 aromatic rings. The van der Waals surface area contributed by atoms with Crippen LogP contribution in [0.25, 0.3) is 0 Å². The molecule has 1 fully saturated rings. The van der Waals surface area contributed by atoms with E-state index in [1.165, 1.54) is 0 Å². The Balaban J connectivity index is 2.03. The fraction of sp³-hybridized carbons (Fsp3) is 0.636. The molecule has 0 spiro atoms. The highest BCUT2D eigenvalue weighted by Crippen LogP contribution is 2.18. The number of carbonyl (C=O) groups is 1. The van der Waals surface area contributed by atoms with E-state index in [0.717, 1.165) is 31.5 Å². The maximum absolute atomic E-state index is 11.3. The van der Waals surface area contributed by atoms with Crippen LogP contribution >= 0.6 is 0 Å². The number of piperidine rings is 1. The van der Waals surface area contributed by atoms with Crippen LogP contribution in [-0.2, 0) is 18.3 Å². The molecule has 0 radical (unpaired) electrons. The van der Waals surface area contributed by atoms with Gasteiger partial charge in [0.1, 0.15) is 0 Å². The third-order valence-corrected chi connectivity index (χ3v) is 3.15. The summed E-state index contributed by atoms with van der Waals surface area (Å²) in [7, 11) is 1.89. The molecular formula is C11H18N4O. The van der Waals surface area contributed by atoms with E-state index < -0.39 is 0 Å². The molecule has 1 aromatic heterocycles. The zero-order valence-electron chi connectivity index (χ0n) is 9.52. The average molecular weight is 222 g/mol. The summed E-state index contributed by atoms with van der Waals surface area (Å²) >= 11 is 0. The van der Waals surface area contributed by atoms with Gasteiger partial charge < -0.3 is 11.1 Å². The molecule has 1 amide bonds. The van der Waals surface area contributed by atoms with Gasteiger partial charge in [-0.25, -0.2) is 0 Å². The van der Waals surface area contributed by atoms with Crippen molar-refractivity contribution in [3.63, 3.8) is 0 Å². The van der Waals surface area contributed by atoms with E-state index in [1.54, 1.807) is 4.68 Å². The van der Waals surface area contributed by atoms with Crippen molar-refractivity contribution in [3.8, 4) is 0 Å². The zero-order valence-corrected chi connectivity index (χ0v) is 9.52. The van der Waals surface area contributed by atoms with Gasteiger partial charge in [0.15, 0.2) is 0 Å². The molecule has 1 aliphatic heterocycles. The molecule has 0 aliphatic carbocycles. The third-order valence-electron chi connectivity index (χ3n) is 3.15. The van der Waals surface area contributed by atoms with Gasteiger partial charge >= 0.3 is 0 Å². The van der Waals surface area contributed by atoms with Crippen molar-refractivity contribution in [2.24, 2.45) is 18.7 Å². The number of nitrogens with two attached hydrogens (primary N) is 1. The first-order valence-electron chi connectivity index (χ1n) is 5.68. The Morgan fingerprint density at radius 1 is 1.75 bits per heavy atom. The molecule has 2 heterocycles. The quantitative estimate of drug-likeness (QED) is 0.745. The summed E-state index contributed by atoms with van der Waals surface area (Å²) in [5.41, 5.74) is 6.42. The average Bonchev–Trinajstić information content (AvgIpc) is 2.64. The van der Waals surface area contributed by atoms with Crippen molar-refractivity contribution in [1.29, 1.82) is 0 Å². The summed E-state index contributed by atoms with van der Waals surface area (Å²) in [4.78, 5) is 11.3. The van der Waals surface area contributed by atoms with Gasteiger partial charge in [-0.05, 0) is 25.5 Å². The smallest absolute Gasteiger partial charge is 0.222 e. The second-order valence-electron chi connectivity index (χ2n) is 4.40. The predicted octanol–water partition coefficient (Wildman–Crippen LogP) is -0.184. The molecule has 1 saturated heterocycles. The van der Waals surface area contributed by atoms with Gasteiger partial charge in [0.05, 0.1) is 11.6 Å². The number of hydrogen-bond donors (Lipinski definition) is 2. The van der Waals surface area contributed by atoms with Gasteiger partial charge in [0, 0.05) is 25.7 Å². The van der Waals surface area contributed by atoms with Crippen LogP contribution in [0.1, 0.15) is 18.5 Å². The van der Waals surface area contributed by atoms with E-state index in [0.29, 0.717) is 0 Å². The van der Waals surface area contributed by atoms with Crippen LogP contribution in [0, 0.1) is 5.92 Å². The van der Waals surface area contributed by atoms with Crippen LogP contribution in [0.3, 0.4) is 0 Å². The predicted molar refractivity (Wildman–Crippen MR) is 60.6 cm³/mol. The summed E-state index contributed by atoms with van der Waals surface area (Å²) in [5.74, 6) is -0.260. The molecule has 2 rings (SSSR count). The molecule has 5 heteroatoms. The summed E-state index contributed by atoms with van der Waals surface area (Å²) in [6.07, 6.45) is 4.60. The number of hydrogen-bond acceptors (Lipinski definition) is 3. The first kappa shape index (κ1) is 11.1. The topological polar surface area (TPSA) is 72.9 Å². The van der Waals surface area contributed by atoms with Crippen LogP contribution in [0.2, 0.25) is 0 Å². The minimum atomic E-state index is -0.201. The van der Waals surface area contributed by atoms with Crippen molar-refractivity contribution in [2.45, 2.75) is 25.3 Å². The lowest BCUT2D eigenvalue weighted by Crippen LogP contribution is -2.48. The van der Waals surface area contributed by atoms with Crippen LogP contribution < -0.4 is 11.1 Å². The summed E-state index contributed by atoms with van der Waals surface area (Å²) in [5, 5.41) is 7.68. The first-order valence-corrected chi connectivity index (χ1v) is 5.68. The van der Waals surface area contributed by atoms with Crippen LogP contribution in [0.5, 0.6) is 0 Å². The standard InChI is InChI=1S/C11H18N4O/c1-15-6-4-8(14-15)7-10-9(11(12)16)3-2-5-13-10/h4,6,9-10,13H,2-3,5,7H2,1H3,(H2,12,16). The highest BCUT2D eigenvalue weighted by atomic mass is 16.1. The van der Waals surface area contributed by atoms with Gasteiger partial charge in [-0.3, -0.25) is 9.48 Å². The SMILES string of the molecule is Cn1ccc(CC2NCCCC2C(N)=O)n1. The van der Waals surface area contributed by atoms with Gasteiger partial charge in [0.25, 0.3) is 0 Å². The molecule has 3 N–H and O–H groups in total. The minimum absolute atomic E-state index is 0.0595. The van der Waals surface area contributed by atoms with Gasteiger partial charge in [-0.15, -0.1) is 0 Å². The Morgan fingerprint density at radius 3 is 3.19 bits per heavy atom. The number of carbonyl (C=O) groups excluding carboxylic acids is 1. The molecule has 2 atom stereocenters. The number of primary amides is 1. The maximum Gasteiger partial charge on any atom is 0.222 e. The van der Waals surface area contributed by atoms with E-state index in [4.69, 9.17) is 5.73 Å². The fourth-order valence-corrected chi connectivity index (χ4v) is 2.31. The lowest BCUT2D eigenvalue weighted by atomic mass is 9.87. The number of nitrogens with zero attached hydrogens (tertiary/aromatic N) is 2. The number of rotatable bonds is 3. The second kappa shape index (κ2) is 4.65. The third kappa shape index (κ3) is 2.41. The number of nitrogens with one attached hydrogen (secondary N) is 1. The highest BCUT2D eigenvalue weighted by molar-refractivity contribution is 5.77. The number of amides is 1. The Hall–Kier alpha value is -1.36. The molecule has 5 nitrogen and oxygen atoms in total. The lowest BCUT2D eigenvalue weighted by Gasteiger charge is -2.30. The number of aromatic nitrogens is 2. The molecule has 1 aliphatic rings. The monoisotopic (exact) mass is 222 g/mol. The van der Waals surface area contributed by atoms with Gasteiger partial charge in [0.2, 0.25) is 5.91 Å². The highest BCUT2D eigenvalue weighted by Gasteiger charge is 2.29. The van der Waals surface area contributed by atoms with Crippen molar-refractivity contribution in [2.75, 3.05) is 6.54 Å². The summed E-state index contributed by atoms with van der Waals surface area (Å²) < 4.78 is 1.78. The van der Waals surface area contributed by atoms with Gasteiger partial charge in [-0.1, -0.05) is 0 Å². The minimum Gasteiger partial charge on any atom is -0.369 e. The molecule has 16 heavy (non-hydrogen) atoms. The largest absolute Gasteiger partial charge is 0.369 e. The Labute approximate surface area is 95.0 Å². The Bertz CT molecular complexity index is 374. The molecule has 2 unspecified atom stereocenters. The summed E-state index contributed by atoms with van der Waals surface area (Å²) in [6.45, 7) is 0.960. The second-order valence-corrected chi connectivity index (χ2v) is 4.40. The van der Waals surface area contributed by atoms with Crippen LogP contribution in [-0.4, -0.2) is 28.3 Å². The normalized spacial score (nSPS) is 25.6. The van der Waals surface area contributed by atoms with Crippen LogP contribution in [0.15, 0.2) is 12.3 Å². The van der Waals surface area contributed by atoms with Gasteiger partial charge in [-0.2, -0.15) is 5.10 Å². The molecule has 88 valence electrons. The molecule has 0 saturated carbocycles. The Kier molecular flexibility index (Phi) is 3.24. The maximum atomic E-state index is 11.3. The van der Waals surface area contributed by atoms with Crippen molar-refractivity contribution in [3.05, 3.63) is 18.0 Å². The van der Waals surface area contributed by atoms with E-state index in [2.05, 4.69) is 10.4 Å². The molecule has 0 bridgehead atoms. The summed E-state index contributed by atoms with van der Waals surface area (Å²) in [6, 6.07) is 2.12. The lowest BCUT2D eigenvalue weighted by molar-refractivity contribution is -0.123. The van der Waals surface area contributed by atoms with E-state index in [-0.39, 0.29) is 17.9 Å². The van der Waals surface area contributed by atoms with E-state index in [9.17, 15) is 4.79 Å². The Morgan fingerprint density at radius 2 is 2.56 bits per heavy atom. The first-order chi connectivity index (χ1) is 7.66. The van der Waals surface area contributed by atoms with E-state index >= 15 is 0 Å². The molecule has 0 aromatic carbocycles. The van der Waals surface area contributed by atoms with Crippen molar-refractivity contribution < 1.29 is 4.79 Å². The fourth-order valence-electron chi connectivity index (χ4n) is 2.31.